The van der Waals surface area contributed by atoms with E-state index in [1.54, 1.807) is 11.8 Å². The van der Waals surface area contributed by atoms with E-state index < -0.39 is 0 Å². The molecular formula is C10H18OS. The van der Waals surface area contributed by atoms with Gasteiger partial charge in [-0.3, -0.25) is 4.79 Å². The zero-order chi connectivity index (χ0) is 8.97. The minimum atomic E-state index is 0.397. The van der Waals surface area contributed by atoms with Crippen LogP contribution in [0.2, 0.25) is 0 Å². The number of thioether (sulfide) groups is 1. The fraction of sp³-hybridized carbons (Fsp3) is 0.900. The Balaban J connectivity index is 2.29. The van der Waals surface area contributed by atoms with Crippen LogP contribution in [0, 0.1) is 11.8 Å². The highest BCUT2D eigenvalue weighted by Crippen LogP contribution is 2.29. The molecule has 0 unspecified atom stereocenters. The molecule has 0 atom stereocenters. The Hall–Kier alpha value is 0.0200. The van der Waals surface area contributed by atoms with E-state index in [0.29, 0.717) is 11.7 Å². The first-order valence-corrected chi connectivity index (χ1v) is 6.15. The number of carbonyl (C=O) groups excluding carboxylic acids is 1. The van der Waals surface area contributed by atoms with Crippen molar-refractivity contribution < 1.29 is 4.79 Å². The summed E-state index contributed by atoms with van der Waals surface area (Å²) < 4.78 is 0. The van der Waals surface area contributed by atoms with Crippen molar-refractivity contribution in [3.05, 3.63) is 0 Å². The van der Waals surface area contributed by atoms with Crippen LogP contribution in [-0.2, 0) is 4.79 Å². The molecule has 0 aromatic rings. The molecular weight excluding hydrogens is 168 g/mol. The summed E-state index contributed by atoms with van der Waals surface area (Å²) >= 11 is 1.65. The lowest BCUT2D eigenvalue weighted by Crippen LogP contribution is -2.22. The summed E-state index contributed by atoms with van der Waals surface area (Å²) in [6, 6.07) is 0. The fourth-order valence-electron chi connectivity index (χ4n) is 1.84. The molecule has 2 heteroatoms. The third kappa shape index (κ3) is 2.81. The predicted molar refractivity (Wildman–Crippen MR) is 54.5 cm³/mol. The molecule has 0 amide bonds. The van der Waals surface area contributed by atoms with Gasteiger partial charge in [0.15, 0.2) is 0 Å². The van der Waals surface area contributed by atoms with Crippen LogP contribution in [0.5, 0.6) is 0 Å². The molecule has 0 saturated heterocycles. The maximum Gasteiger partial charge on any atom is 0.145 e. The molecule has 1 saturated carbocycles. The van der Waals surface area contributed by atoms with Gasteiger partial charge in [0.05, 0.1) is 5.75 Å². The maximum absolute atomic E-state index is 11.5. The molecule has 12 heavy (non-hydrogen) atoms. The van der Waals surface area contributed by atoms with Crippen molar-refractivity contribution in [1.29, 1.82) is 0 Å². The molecule has 1 nitrogen and oxygen atoms in total. The molecule has 0 aliphatic heterocycles. The smallest absolute Gasteiger partial charge is 0.145 e. The number of rotatable bonds is 3. The topological polar surface area (TPSA) is 17.1 Å². The van der Waals surface area contributed by atoms with Crippen LogP contribution < -0.4 is 0 Å². The summed E-state index contributed by atoms with van der Waals surface area (Å²) in [6.45, 7) is 2.29. The third-order valence-electron chi connectivity index (χ3n) is 2.76. The Labute approximate surface area is 79.3 Å². The van der Waals surface area contributed by atoms with Gasteiger partial charge in [0, 0.05) is 5.92 Å². The molecule has 0 aromatic heterocycles. The van der Waals surface area contributed by atoms with Gasteiger partial charge in [0.25, 0.3) is 0 Å². The van der Waals surface area contributed by atoms with Gasteiger partial charge in [-0.05, 0) is 25.0 Å². The first kappa shape index (κ1) is 10.1. The van der Waals surface area contributed by atoms with Crippen molar-refractivity contribution in [2.75, 3.05) is 12.0 Å². The predicted octanol–water partition coefficient (Wildman–Crippen LogP) is 2.74. The summed E-state index contributed by atoms with van der Waals surface area (Å²) in [7, 11) is 0. The second-order valence-corrected chi connectivity index (χ2v) is 4.72. The van der Waals surface area contributed by atoms with Gasteiger partial charge in [-0.15, -0.1) is 0 Å². The molecule has 1 aliphatic rings. The van der Waals surface area contributed by atoms with E-state index in [4.69, 9.17) is 0 Å². The summed E-state index contributed by atoms with van der Waals surface area (Å²) in [6.07, 6.45) is 6.79. The van der Waals surface area contributed by atoms with Crippen molar-refractivity contribution in [3.63, 3.8) is 0 Å². The number of hydrogen-bond acceptors (Lipinski definition) is 2. The van der Waals surface area contributed by atoms with Gasteiger partial charge in [0.2, 0.25) is 0 Å². The van der Waals surface area contributed by atoms with Crippen LogP contribution in [-0.4, -0.2) is 17.8 Å². The summed E-state index contributed by atoms with van der Waals surface area (Å²) in [5, 5.41) is 0. The van der Waals surface area contributed by atoms with Crippen molar-refractivity contribution in [2.45, 2.75) is 32.6 Å². The van der Waals surface area contributed by atoms with E-state index >= 15 is 0 Å². The average molecular weight is 186 g/mol. The van der Waals surface area contributed by atoms with Gasteiger partial charge in [-0.1, -0.05) is 19.8 Å². The first-order valence-electron chi connectivity index (χ1n) is 4.75. The lowest BCUT2D eigenvalue weighted by Gasteiger charge is -2.24. The van der Waals surface area contributed by atoms with Crippen LogP contribution in [0.15, 0.2) is 0 Å². The number of Topliss-reactive ketones (excluding diaryl/α,β-unsaturated/α-hetero) is 1. The second-order valence-electron chi connectivity index (χ2n) is 3.86. The minimum Gasteiger partial charge on any atom is -0.298 e. The Morgan fingerprint density at radius 2 is 1.92 bits per heavy atom. The Kier molecular flexibility index (Phi) is 4.13. The van der Waals surface area contributed by atoms with Gasteiger partial charge in [-0.25, -0.2) is 0 Å². The van der Waals surface area contributed by atoms with Crippen LogP contribution in [0.25, 0.3) is 0 Å². The van der Waals surface area contributed by atoms with Crippen LogP contribution >= 0.6 is 11.8 Å². The SMILES string of the molecule is CSCC(=O)C1CCC(C)CC1. The van der Waals surface area contributed by atoms with Gasteiger partial charge in [-0.2, -0.15) is 11.8 Å². The number of ketones is 1. The summed E-state index contributed by atoms with van der Waals surface area (Å²) in [5.41, 5.74) is 0. The zero-order valence-electron chi connectivity index (χ0n) is 8.01. The Morgan fingerprint density at radius 1 is 1.33 bits per heavy atom. The standard InChI is InChI=1S/C10H18OS/c1-8-3-5-9(6-4-8)10(11)7-12-2/h8-9H,3-7H2,1-2H3. The number of hydrogen-bond donors (Lipinski definition) is 0. The van der Waals surface area contributed by atoms with E-state index in [0.717, 1.165) is 24.5 Å². The highest BCUT2D eigenvalue weighted by atomic mass is 32.2. The fourth-order valence-corrected chi connectivity index (χ4v) is 2.36. The Morgan fingerprint density at radius 3 is 2.42 bits per heavy atom. The lowest BCUT2D eigenvalue weighted by molar-refractivity contribution is -0.121. The van der Waals surface area contributed by atoms with Crippen molar-refractivity contribution in [1.82, 2.24) is 0 Å². The molecule has 0 N–H and O–H groups in total. The minimum absolute atomic E-state index is 0.397. The monoisotopic (exact) mass is 186 g/mol. The Bertz CT molecular complexity index is 148. The molecule has 0 aromatic carbocycles. The highest BCUT2D eigenvalue weighted by molar-refractivity contribution is 7.99. The largest absolute Gasteiger partial charge is 0.298 e. The molecule has 0 radical (unpaired) electrons. The summed E-state index contributed by atoms with van der Waals surface area (Å²) in [4.78, 5) is 11.5. The van der Waals surface area contributed by atoms with Crippen LogP contribution in [0.4, 0.5) is 0 Å². The first-order chi connectivity index (χ1) is 5.74. The van der Waals surface area contributed by atoms with Crippen LogP contribution in [0.3, 0.4) is 0 Å². The van der Waals surface area contributed by atoms with E-state index in [-0.39, 0.29) is 0 Å². The number of carbonyl (C=O) groups is 1. The van der Waals surface area contributed by atoms with E-state index in [1.807, 2.05) is 6.26 Å². The third-order valence-corrected chi connectivity index (χ3v) is 3.33. The van der Waals surface area contributed by atoms with Gasteiger partial charge < -0.3 is 0 Å². The maximum atomic E-state index is 11.5. The van der Waals surface area contributed by atoms with Crippen molar-refractivity contribution >= 4 is 17.5 Å². The molecule has 0 bridgehead atoms. The van der Waals surface area contributed by atoms with Crippen molar-refractivity contribution in [3.8, 4) is 0 Å². The highest BCUT2D eigenvalue weighted by Gasteiger charge is 2.23. The lowest BCUT2D eigenvalue weighted by atomic mass is 9.81. The molecule has 1 rings (SSSR count). The zero-order valence-corrected chi connectivity index (χ0v) is 8.82. The second kappa shape index (κ2) is 4.90. The van der Waals surface area contributed by atoms with Gasteiger partial charge >= 0.3 is 0 Å². The van der Waals surface area contributed by atoms with E-state index in [9.17, 15) is 4.79 Å². The summed E-state index contributed by atoms with van der Waals surface area (Å²) in [5.74, 6) is 2.45. The molecule has 1 fully saturated rings. The van der Waals surface area contributed by atoms with E-state index in [1.165, 1.54) is 12.8 Å². The van der Waals surface area contributed by atoms with Gasteiger partial charge in [0.1, 0.15) is 5.78 Å². The average Bonchev–Trinajstić information content (AvgIpc) is 2.06. The normalized spacial score (nSPS) is 30.2. The molecule has 1 aliphatic carbocycles. The molecule has 0 heterocycles. The molecule has 70 valence electrons. The molecule has 0 spiro atoms. The quantitative estimate of drug-likeness (QED) is 0.674. The van der Waals surface area contributed by atoms with Crippen molar-refractivity contribution in [2.24, 2.45) is 11.8 Å². The van der Waals surface area contributed by atoms with Crippen LogP contribution in [0.1, 0.15) is 32.6 Å². The van der Waals surface area contributed by atoms with E-state index in [2.05, 4.69) is 6.92 Å².